The molecule has 0 radical (unpaired) electrons. The average molecular weight is 411 g/mol. The summed E-state index contributed by atoms with van der Waals surface area (Å²) in [5.74, 6) is -0.846. The molecule has 0 aliphatic carbocycles. The highest BCUT2D eigenvalue weighted by molar-refractivity contribution is 5.69. The Bertz CT molecular complexity index is 509. The van der Waals surface area contributed by atoms with Crippen LogP contribution in [0.25, 0.3) is 0 Å². The van der Waals surface area contributed by atoms with Crippen molar-refractivity contribution in [3.63, 3.8) is 0 Å². The molecule has 0 spiro atoms. The molecule has 0 saturated heterocycles. The first-order valence-electron chi connectivity index (χ1n) is 10.6. The van der Waals surface area contributed by atoms with Gasteiger partial charge in [0.2, 0.25) is 0 Å². The van der Waals surface area contributed by atoms with E-state index in [4.69, 9.17) is 14.6 Å². The molecule has 0 aromatic carbocycles. The molecule has 6 heteroatoms. The van der Waals surface area contributed by atoms with Crippen LogP contribution in [0, 0.1) is 0 Å². The van der Waals surface area contributed by atoms with Crippen molar-refractivity contribution in [1.29, 1.82) is 0 Å². The maximum absolute atomic E-state index is 11.6. The summed E-state index contributed by atoms with van der Waals surface area (Å²) in [6.45, 7) is 2.84. The standard InChI is InChI=1S/C23H38O6/c1-3-4-12-15-21(26)16-13-10-8-6-5-7-9-11-14-17-23(27)28-19-22(18-24)29-20(2)25/h4,8,10,12-13,16,21-22,24,26H,3,5-7,9,11,14-15,17-19H2,1-2H3/b10-8+,12-4+,16-13+/t21?,22-/m0/s1. The van der Waals surface area contributed by atoms with Crippen LogP contribution in [-0.2, 0) is 19.1 Å². The molecule has 0 saturated carbocycles. The number of aliphatic hydroxyl groups is 2. The largest absolute Gasteiger partial charge is 0.462 e. The average Bonchev–Trinajstić information content (AvgIpc) is 2.69. The van der Waals surface area contributed by atoms with E-state index in [1.807, 2.05) is 24.3 Å². The Kier molecular flexibility index (Phi) is 18.1. The first-order valence-corrected chi connectivity index (χ1v) is 10.6. The number of carbonyl (C=O) groups is 2. The number of hydrogen-bond donors (Lipinski definition) is 2. The van der Waals surface area contributed by atoms with Gasteiger partial charge in [0.15, 0.2) is 6.10 Å². The highest BCUT2D eigenvalue weighted by atomic mass is 16.6. The fraction of sp³-hybridized carbons (Fsp3) is 0.652. The zero-order valence-electron chi connectivity index (χ0n) is 17.9. The van der Waals surface area contributed by atoms with E-state index in [1.54, 1.807) is 6.08 Å². The molecule has 0 heterocycles. The van der Waals surface area contributed by atoms with Gasteiger partial charge < -0.3 is 19.7 Å². The number of rotatable bonds is 17. The van der Waals surface area contributed by atoms with Crippen LogP contribution in [0.3, 0.4) is 0 Å². The predicted molar refractivity (Wildman–Crippen MR) is 114 cm³/mol. The molecule has 6 nitrogen and oxygen atoms in total. The number of aliphatic hydroxyl groups excluding tert-OH is 2. The number of esters is 2. The van der Waals surface area contributed by atoms with Crippen LogP contribution >= 0.6 is 0 Å². The Labute approximate surface area is 175 Å². The normalized spacial score (nSPS) is 13.9. The van der Waals surface area contributed by atoms with E-state index in [2.05, 4.69) is 13.0 Å². The minimum Gasteiger partial charge on any atom is -0.462 e. The third kappa shape index (κ3) is 19.2. The lowest BCUT2D eigenvalue weighted by Gasteiger charge is -2.14. The highest BCUT2D eigenvalue weighted by Gasteiger charge is 2.13. The van der Waals surface area contributed by atoms with Gasteiger partial charge in [-0.1, -0.05) is 62.6 Å². The van der Waals surface area contributed by atoms with Crippen LogP contribution in [0.4, 0.5) is 0 Å². The number of unbranched alkanes of at least 4 members (excludes halogenated alkanes) is 5. The fourth-order valence-corrected chi connectivity index (χ4v) is 2.53. The monoisotopic (exact) mass is 410 g/mol. The molecule has 0 aromatic heterocycles. The van der Waals surface area contributed by atoms with E-state index >= 15 is 0 Å². The third-order valence-corrected chi connectivity index (χ3v) is 4.08. The van der Waals surface area contributed by atoms with Crippen molar-refractivity contribution in [3.8, 4) is 0 Å². The summed E-state index contributed by atoms with van der Waals surface area (Å²) in [4.78, 5) is 22.4. The second-order valence-corrected chi connectivity index (χ2v) is 6.90. The Morgan fingerprint density at radius 1 is 1.00 bits per heavy atom. The summed E-state index contributed by atoms with van der Waals surface area (Å²) in [5, 5.41) is 18.7. The van der Waals surface area contributed by atoms with Crippen LogP contribution in [0.5, 0.6) is 0 Å². The maximum atomic E-state index is 11.6. The minimum atomic E-state index is -0.791. The van der Waals surface area contributed by atoms with Gasteiger partial charge in [-0.05, 0) is 32.1 Å². The summed E-state index contributed by atoms with van der Waals surface area (Å²) in [6, 6.07) is 0. The molecular formula is C23H38O6. The quantitative estimate of drug-likeness (QED) is 0.163. The topological polar surface area (TPSA) is 93.1 Å². The summed E-state index contributed by atoms with van der Waals surface area (Å²) < 4.78 is 9.80. The molecule has 29 heavy (non-hydrogen) atoms. The second kappa shape index (κ2) is 19.4. The van der Waals surface area contributed by atoms with Gasteiger partial charge >= 0.3 is 11.9 Å². The SMILES string of the molecule is CC/C=C/CC(O)/C=C/C=C/CCCCCCCC(=O)OC[C@H](CO)OC(C)=O. The van der Waals surface area contributed by atoms with Crippen molar-refractivity contribution in [2.24, 2.45) is 0 Å². The number of ether oxygens (including phenoxy) is 2. The van der Waals surface area contributed by atoms with E-state index in [0.29, 0.717) is 12.8 Å². The first kappa shape index (κ1) is 27.1. The predicted octanol–water partition coefficient (Wildman–Crippen LogP) is 4.01. The zero-order valence-corrected chi connectivity index (χ0v) is 17.9. The summed E-state index contributed by atoms with van der Waals surface area (Å²) in [6.07, 6.45) is 18.5. The highest BCUT2D eigenvalue weighted by Crippen LogP contribution is 2.09. The Balaban J connectivity index is 3.59. The van der Waals surface area contributed by atoms with Gasteiger partial charge in [0.1, 0.15) is 6.61 Å². The lowest BCUT2D eigenvalue weighted by atomic mass is 10.1. The van der Waals surface area contributed by atoms with E-state index in [9.17, 15) is 14.7 Å². The van der Waals surface area contributed by atoms with Gasteiger partial charge in [0, 0.05) is 13.3 Å². The number of hydrogen-bond acceptors (Lipinski definition) is 6. The molecule has 0 rings (SSSR count). The molecule has 1 unspecified atom stereocenters. The van der Waals surface area contributed by atoms with Gasteiger partial charge in [0.25, 0.3) is 0 Å². The molecule has 166 valence electrons. The van der Waals surface area contributed by atoms with Crippen molar-refractivity contribution in [2.45, 2.75) is 83.8 Å². The van der Waals surface area contributed by atoms with Crippen LogP contribution in [0.15, 0.2) is 36.5 Å². The van der Waals surface area contributed by atoms with Crippen LogP contribution in [-0.4, -0.2) is 47.6 Å². The molecule has 2 atom stereocenters. The van der Waals surface area contributed by atoms with Gasteiger partial charge in [-0.25, -0.2) is 0 Å². The summed E-state index contributed by atoms with van der Waals surface area (Å²) in [5.41, 5.74) is 0. The van der Waals surface area contributed by atoms with Crippen molar-refractivity contribution in [1.82, 2.24) is 0 Å². The molecule has 0 aromatic rings. The molecular weight excluding hydrogens is 372 g/mol. The molecule has 2 N–H and O–H groups in total. The Hall–Kier alpha value is -1.92. The van der Waals surface area contributed by atoms with Crippen molar-refractivity contribution in [3.05, 3.63) is 36.5 Å². The fourth-order valence-electron chi connectivity index (χ4n) is 2.53. The van der Waals surface area contributed by atoms with Crippen LogP contribution in [0.2, 0.25) is 0 Å². The lowest BCUT2D eigenvalue weighted by Crippen LogP contribution is -2.27. The Morgan fingerprint density at radius 3 is 2.41 bits per heavy atom. The smallest absolute Gasteiger partial charge is 0.305 e. The van der Waals surface area contributed by atoms with E-state index in [-0.39, 0.29) is 19.2 Å². The number of carbonyl (C=O) groups excluding carboxylic acids is 2. The van der Waals surface area contributed by atoms with E-state index in [1.165, 1.54) is 6.92 Å². The molecule has 0 fully saturated rings. The molecule has 0 aliphatic rings. The molecule has 0 bridgehead atoms. The first-order chi connectivity index (χ1) is 14.0. The summed E-state index contributed by atoms with van der Waals surface area (Å²) >= 11 is 0. The minimum absolute atomic E-state index is 0.109. The Morgan fingerprint density at radius 2 is 1.72 bits per heavy atom. The number of allylic oxidation sites excluding steroid dienone is 4. The summed E-state index contributed by atoms with van der Waals surface area (Å²) in [7, 11) is 0. The van der Waals surface area contributed by atoms with Crippen LogP contribution < -0.4 is 0 Å². The van der Waals surface area contributed by atoms with E-state index in [0.717, 1.165) is 44.9 Å². The third-order valence-electron chi connectivity index (χ3n) is 4.08. The van der Waals surface area contributed by atoms with Crippen molar-refractivity contribution in [2.75, 3.05) is 13.2 Å². The van der Waals surface area contributed by atoms with E-state index < -0.39 is 18.2 Å². The molecule has 0 amide bonds. The molecule has 0 aliphatic heterocycles. The lowest BCUT2D eigenvalue weighted by molar-refractivity contribution is -0.159. The van der Waals surface area contributed by atoms with Gasteiger partial charge in [0.05, 0.1) is 12.7 Å². The maximum Gasteiger partial charge on any atom is 0.305 e. The van der Waals surface area contributed by atoms with Gasteiger partial charge in [-0.15, -0.1) is 0 Å². The second-order valence-electron chi connectivity index (χ2n) is 6.90. The van der Waals surface area contributed by atoms with Gasteiger partial charge in [-0.3, -0.25) is 9.59 Å². The zero-order chi connectivity index (χ0) is 21.7. The van der Waals surface area contributed by atoms with Gasteiger partial charge in [-0.2, -0.15) is 0 Å². The van der Waals surface area contributed by atoms with Crippen molar-refractivity contribution >= 4 is 11.9 Å². The van der Waals surface area contributed by atoms with Crippen LogP contribution in [0.1, 0.15) is 71.6 Å². The van der Waals surface area contributed by atoms with Crippen molar-refractivity contribution < 1.29 is 29.3 Å².